The van der Waals surface area contributed by atoms with Gasteiger partial charge in [-0.2, -0.15) is 0 Å². The summed E-state index contributed by atoms with van der Waals surface area (Å²) in [5.74, 6) is 1.50. The largest absolute Gasteiger partial charge is 0.493 e. The fourth-order valence-electron chi connectivity index (χ4n) is 1.90. The molecule has 0 spiro atoms. The van der Waals surface area contributed by atoms with Gasteiger partial charge in [0.15, 0.2) is 11.5 Å². The van der Waals surface area contributed by atoms with Gasteiger partial charge in [0, 0.05) is 12.5 Å². The molecule has 0 radical (unpaired) electrons. The number of benzene rings is 2. The lowest BCUT2D eigenvalue weighted by Gasteiger charge is -2.14. The summed E-state index contributed by atoms with van der Waals surface area (Å²) in [6.07, 6.45) is 0.766. The summed E-state index contributed by atoms with van der Waals surface area (Å²) in [6, 6.07) is 17.7. The van der Waals surface area contributed by atoms with E-state index < -0.39 is 0 Å². The van der Waals surface area contributed by atoms with E-state index in [1.54, 1.807) is 7.11 Å². The minimum atomic E-state index is -0.00379. The van der Waals surface area contributed by atoms with Gasteiger partial charge in [0.25, 0.3) is 0 Å². The zero-order chi connectivity index (χ0) is 13.5. The van der Waals surface area contributed by atoms with E-state index >= 15 is 0 Å². The lowest BCUT2D eigenvalue weighted by Crippen LogP contribution is -2.14. The topological polar surface area (TPSA) is 44.5 Å². The van der Waals surface area contributed by atoms with Gasteiger partial charge in [-0.05, 0) is 17.7 Å². The number of nitrogens with two attached hydrogens (primary N) is 1. The summed E-state index contributed by atoms with van der Waals surface area (Å²) < 4.78 is 10.9. The fourth-order valence-corrected chi connectivity index (χ4v) is 1.90. The van der Waals surface area contributed by atoms with E-state index in [0.717, 1.165) is 23.5 Å². The Labute approximate surface area is 126 Å². The van der Waals surface area contributed by atoms with Crippen molar-refractivity contribution in [2.45, 2.75) is 12.5 Å². The molecule has 0 aromatic heterocycles. The van der Waals surface area contributed by atoms with Crippen molar-refractivity contribution in [1.29, 1.82) is 0 Å². The molecule has 3 nitrogen and oxygen atoms in total. The monoisotopic (exact) mass is 293 g/mol. The van der Waals surface area contributed by atoms with Crippen LogP contribution in [0.15, 0.2) is 54.6 Å². The summed E-state index contributed by atoms with van der Waals surface area (Å²) in [6.45, 7) is 0.566. The van der Waals surface area contributed by atoms with Crippen LogP contribution >= 0.6 is 12.4 Å². The van der Waals surface area contributed by atoms with Crippen molar-refractivity contribution in [3.8, 4) is 11.5 Å². The molecule has 2 aromatic carbocycles. The van der Waals surface area contributed by atoms with Gasteiger partial charge >= 0.3 is 0 Å². The van der Waals surface area contributed by atoms with E-state index in [-0.39, 0.29) is 18.4 Å². The highest BCUT2D eigenvalue weighted by Crippen LogP contribution is 2.26. The molecule has 0 fully saturated rings. The number of hydrogen-bond acceptors (Lipinski definition) is 3. The van der Waals surface area contributed by atoms with Crippen LogP contribution in [-0.2, 0) is 0 Å². The standard InChI is InChI=1S/C16H19NO2.ClH/c1-18-15-9-5-6-10-16(15)19-12-11-14(17)13-7-3-2-4-8-13;/h2-10,14H,11-12,17H2,1H3;1H. The molecule has 2 rings (SSSR count). The van der Waals surface area contributed by atoms with Crippen LogP contribution in [0.1, 0.15) is 18.0 Å². The molecule has 0 saturated carbocycles. The second-order valence-corrected chi connectivity index (χ2v) is 4.31. The molecule has 2 aromatic rings. The first-order chi connectivity index (χ1) is 9.31. The molecule has 0 bridgehead atoms. The molecule has 0 heterocycles. The maximum atomic E-state index is 6.12. The molecule has 0 aliphatic rings. The Morgan fingerprint density at radius 2 is 1.55 bits per heavy atom. The van der Waals surface area contributed by atoms with E-state index in [2.05, 4.69) is 0 Å². The predicted molar refractivity (Wildman–Crippen MR) is 83.7 cm³/mol. The molecule has 1 atom stereocenters. The molecule has 108 valence electrons. The molecule has 2 N–H and O–H groups in total. The van der Waals surface area contributed by atoms with Crippen LogP contribution in [0.25, 0.3) is 0 Å². The van der Waals surface area contributed by atoms with Gasteiger partial charge in [0.05, 0.1) is 13.7 Å². The number of halogens is 1. The predicted octanol–water partition coefficient (Wildman–Crippen LogP) is 3.59. The average molecular weight is 294 g/mol. The Hall–Kier alpha value is -1.71. The van der Waals surface area contributed by atoms with Crippen molar-refractivity contribution in [1.82, 2.24) is 0 Å². The summed E-state index contributed by atoms with van der Waals surface area (Å²) >= 11 is 0. The van der Waals surface area contributed by atoms with Crippen molar-refractivity contribution >= 4 is 12.4 Å². The zero-order valence-electron chi connectivity index (χ0n) is 11.5. The smallest absolute Gasteiger partial charge is 0.161 e. The molecular weight excluding hydrogens is 274 g/mol. The summed E-state index contributed by atoms with van der Waals surface area (Å²) in [5.41, 5.74) is 7.25. The summed E-state index contributed by atoms with van der Waals surface area (Å²) in [7, 11) is 1.64. The van der Waals surface area contributed by atoms with Crippen LogP contribution in [0.3, 0.4) is 0 Å². The number of methoxy groups -OCH3 is 1. The minimum Gasteiger partial charge on any atom is -0.493 e. The van der Waals surface area contributed by atoms with Crippen LogP contribution < -0.4 is 15.2 Å². The van der Waals surface area contributed by atoms with Gasteiger partial charge in [-0.15, -0.1) is 12.4 Å². The number of para-hydroxylation sites is 2. The van der Waals surface area contributed by atoms with Crippen LogP contribution in [0.5, 0.6) is 11.5 Å². The first kappa shape index (κ1) is 16.3. The highest BCUT2D eigenvalue weighted by Gasteiger charge is 2.07. The van der Waals surface area contributed by atoms with E-state index in [9.17, 15) is 0 Å². The van der Waals surface area contributed by atoms with E-state index in [4.69, 9.17) is 15.2 Å². The van der Waals surface area contributed by atoms with Crippen molar-refractivity contribution in [3.63, 3.8) is 0 Å². The number of hydrogen-bond donors (Lipinski definition) is 1. The molecule has 0 saturated heterocycles. The Morgan fingerprint density at radius 1 is 0.950 bits per heavy atom. The third-order valence-corrected chi connectivity index (χ3v) is 2.98. The third-order valence-electron chi connectivity index (χ3n) is 2.98. The molecular formula is C16H20ClNO2. The van der Waals surface area contributed by atoms with Gasteiger partial charge in [-0.3, -0.25) is 0 Å². The normalized spacial score (nSPS) is 11.3. The molecule has 1 unspecified atom stereocenters. The quantitative estimate of drug-likeness (QED) is 0.885. The van der Waals surface area contributed by atoms with Crippen molar-refractivity contribution < 1.29 is 9.47 Å². The zero-order valence-corrected chi connectivity index (χ0v) is 12.3. The first-order valence-electron chi connectivity index (χ1n) is 6.37. The van der Waals surface area contributed by atoms with Gasteiger partial charge in [-0.1, -0.05) is 42.5 Å². The van der Waals surface area contributed by atoms with Crippen LogP contribution in [0.2, 0.25) is 0 Å². The van der Waals surface area contributed by atoms with E-state index in [0.29, 0.717) is 6.61 Å². The van der Waals surface area contributed by atoms with Gasteiger partial charge in [0.2, 0.25) is 0 Å². The molecule has 20 heavy (non-hydrogen) atoms. The Balaban J connectivity index is 0.00000200. The second-order valence-electron chi connectivity index (χ2n) is 4.31. The first-order valence-corrected chi connectivity index (χ1v) is 6.37. The molecule has 0 amide bonds. The van der Waals surface area contributed by atoms with Crippen molar-refractivity contribution in [2.75, 3.05) is 13.7 Å². The second kappa shape index (κ2) is 8.46. The minimum absolute atomic E-state index is 0. The van der Waals surface area contributed by atoms with E-state index in [1.807, 2.05) is 54.6 Å². The van der Waals surface area contributed by atoms with Gasteiger partial charge in [-0.25, -0.2) is 0 Å². The Kier molecular flexibility index (Phi) is 6.91. The summed E-state index contributed by atoms with van der Waals surface area (Å²) in [5, 5.41) is 0. The van der Waals surface area contributed by atoms with Crippen LogP contribution in [0.4, 0.5) is 0 Å². The van der Waals surface area contributed by atoms with Crippen LogP contribution in [0, 0.1) is 0 Å². The SMILES string of the molecule is COc1ccccc1OCCC(N)c1ccccc1.Cl. The molecule has 0 aliphatic heterocycles. The van der Waals surface area contributed by atoms with Gasteiger partial charge in [0.1, 0.15) is 0 Å². The molecule has 4 heteroatoms. The Bertz CT molecular complexity index is 505. The maximum absolute atomic E-state index is 6.12. The van der Waals surface area contributed by atoms with Crippen LogP contribution in [-0.4, -0.2) is 13.7 Å². The van der Waals surface area contributed by atoms with Gasteiger partial charge < -0.3 is 15.2 Å². The lowest BCUT2D eigenvalue weighted by molar-refractivity contribution is 0.280. The highest BCUT2D eigenvalue weighted by atomic mass is 35.5. The average Bonchev–Trinajstić information content (AvgIpc) is 2.48. The third kappa shape index (κ3) is 4.44. The number of ether oxygens (including phenoxy) is 2. The fraction of sp³-hybridized carbons (Fsp3) is 0.250. The summed E-state index contributed by atoms with van der Waals surface area (Å²) in [4.78, 5) is 0. The van der Waals surface area contributed by atoms with Crippen molar-refractivity contribution in [3.05, 3.63) is 60.2 Å². The lowest BCUT2D eigenvalue weighted by atomic mass is 10.1. The number of rotatable bonds is 6. The maximum Gasteiger partial charge on any atom is 0.161 e. The molecule has 0 aliphatic carbocycles. The Morgan fingerprint density at radius 3 is 2.20 bits per heavy atom. The van der Waals surface area contributed by atoms with E-state index in [1.165, 1.54) is 0 Å². The van der Waals surface area contributed by atoms with Crippen molar-refractivity contribution in [2.24, 2.45) is 5.73 Å². The highest BCUT2D eigenvalue weighted by molar-refractivity contribution is 5.85.